The number of aliphatic hydroxyl groups excluding tert-OH is 1. The molecule has 56 valence electrons. The Kier molecular flexibility index (Phi) is 4.72. The number of ether oxygens (including phenoxy) is 1. The van der Waals surface area contributed by atoms with Gasteiger partial charge in [-0.3, -0.25) is 0 Å². The monoisotopic (exact) mass is 132 g/mol. The van der Waals surface area contributed by atoms with Crippen LogP contribution in [-0.4, -0.2) is 24.9 Å². The second-order valence-electron chi connectivity index (χ2n) is 2.59. The summed E-state index contributed by atoms with van der Waals surface area (Å²) in [5.41, 5.74) is 0. The molecule has 0 aliphatic heterocycles. The van der Waals surface area contributed by atoms with E-state index in [1.165, 1.54) is 0 Å². The molecule has 0 aliphatic carbocycles. The predicted molar refractivity (Wildman–Crippen MR) is 37.3 cm³/mol. The van der Waals surface area contributed by atoms with Crippen molar-refractivity contribution in [2.24, 2.45) is 5.92 Å². The van der Waals surface area contributed by atoms with Gasteiger partial charge in [-0.25, -0.2) is 0 Å². The third-order valence-electron chi connectivity index (χ3n) is 1.39. The van der Waals surface area contributed by atoms with Gasteiger partial charge in [-0.2, -0.15) is 0 Å². The number of hydrogen-bond acceptors (Lipinski definition) is 2. The summed E-state index contributed by atoms with van der Waals surface area (Å²) < 4.78 is 4.80. The summed E-state index contributed by atoms with van der Waals surface area (Å²) in [6.07, 6.45) is 0.540. The highest BCUT2D eigenvalue weighted by atomic mass is 16.5. The van der Waals surface area contributed by atoms with Crippen LogP contribution in [0.2, 0.25) is 0 Å². The quantitative estimate of drug-likeness (QED) is 0.619. The molecule has 9 heavy (non-hydrogen) atoms. The van der Waals surface area contributed by atoms with E-state index in [1.54, 1.807) is 7.11 Å². The van der Waals surface area contributed by atoms with Crippen molar-refractivity contribution in [3.8, 4) is 0 Å². The maximum atomic E-state index is 9.18. The average molecular weight is 132 g/mol. The van der Waals surface area contributed by atoms with Gasteiger partial charge >= 0.3 is 0 Å². The molecule has 0 rings (SSSR count). The molecule has 0 fully saturated rings. The normalized spacial score (nSPS) is 14.3. The van der Waals surface area contributed by atoms with E-state index in [4.69, 9.17) is 4.74 Å². The van der Waals surface area contributed by atoms with Crippen LogP contribution in [0.4, 0.5) is 0 Å². The first-order chi connectivity index (χ1) is 4.18. The Hall–Kier alpha value is -0.0800. The van der Waals surface area contributed by atoms with Crippen LogP contribution in [0.1, 0.15) is 20.3 Å². The van der Waals surface area contributed by atoms with Crippen molar-refractivity contribution < 1.29 is 9.84 Å². The number of hydrogen-bond donors (Lipinski definition) is 1. The molecule has 0 aliphatic rings. The van der Waals surface area contributed by atoms with Gasteiger partial charge in [0.15, 0.2) is 0 Å². The van der Waals surface area contributed by atoms with E-state index < -0.39 is 0 Å². The zero-order valence-corrected chi connectivity index (χ0v) is 6.42. The molecule has 1 N–H and O–H groups in total. The Morgan fingerprint density at radius 3 is 2.33 bits per heavy atom. The van der Waals surface area contributed by atoms with Gasteiger partial charge in [-0.15, -0.1) is 0 Å². The molecule has 2 nitrogen and oxygen atoms in total. The fourth-order valence-electron chi connectivity index (χ4n) is 0.572. The smallest absolute Gasteiger partial charge is 0.0585 e. The fraction of sp³-hybridized carbons (Fsp3) is 1.00. The molecule has 2 heteroatoms. The van der Waals surface area contributed by atoms with E-state index in [0.717, 1.165) is 6.42 Å². The van der Waals surface area contributed by atoms with Gasteiger partial charge in [0, 0.05) is 13.7 Å². The lowest BCUT2D eigenvalue weighted by molar-refractivity contribution is 0.0784. The second kappa shape index (κ2) is 4.77. The van der Waals surface area contributed by atoms with Crippen molar-refractivity contribution in [3.63, 3.8) is 0 Å². The van der Waals surface area contributed by atoms with Crippen molar-refractivity contribution in [2.45, 2.75) is 26.4 Å². The van der Waals surface area contributed by atoms with Crippen LogP contribution in [0, 0.1) is 5.92 Å². The maximum Gasteiger partial charge on any atom is 0.0585 e. The molecule has 0 spiro atoms. The highest BCUT2D eigenvalue weighted by Crippen LogP contribution is 2.04. The van der Waals surface area contributed by atoms with Gasteiger partial charge in [0.05, 0.1) is 6.10 Å². The Morgan fingerprint density at radius 1 is 1.44 bits per heavy atom. The van der Waals surface area contributed by atoms with Crippen molar-refractivity contribution in [3.05, 3.63) is 0 Å². The Bertz CT molecular complexity index is 61.9. The summed E-state index contributed by atoms with van der Waals surface area (Å²) in [5, 5.41) is 9.18. The van der Waals surface area contributed by atoms with Crippen LogP contribution in [0.3, 0.4) is 0 Å². The van der Waals surface area contributed by atoms with E-state index in [0.29, 0.717) is 12.5 Å². The SMILES string of the molecule is COCC[C@@H](O)C(C)C. The average Bonchev–Trinajstić information content (AvgIpc) is 1.82. The standard InChI is InChI=1S/C7H16O2/c1-6(2)7(8)4-5-9-3/h6-8H,4-5H2,1-3H3/t7-/m1/s1. The van der Waals surface area contributed by atoms with Crippen molar-refractivity contribution in [2.75, 3.05) is 13.7 Å². The lowest BCUT2D eigenvalue weighted by Gasteiger charge is -2.12. The zero-order chi connectivity index (χ0) is 7.28. The lowest BCUT2D eigenvalue weighted by Crippen LogP contribution is -2.16. The van der Waals surface area contributed by atoms with E-state index in [1.807, 2.05) is 13.8 Å². The molecule has 0 radical (unpaired) electrons. The first-order valence-corrected chi connectivity index (χ1v) is 3.35. The number of methoxy groups -OCH3 is 1. The van der Waals surface area contributed by atoms with Gasteiger partial charge in [0.1, 0.15) is 0 Å². The van der Waals surface area contributed by atoms with Crippen LogP contribution in [0.25, 0.3) is 0 Å². The highest BCUT2D eigenvalue weighted by Gasteiger charge is 2.06. The molecule has 1 atom stereocenters. The summed E-state index contributed by atoms with van der Waals surface area (Å²) in [6, 6.07) is 0. The molecule has 0 aromatic carbocycles. The maximum absolute atomic E-state index is 9.18. The minimum atomic E-state index is -0.204. The molecule has 0 amide bonds. The largest absolute Gasteiger partial charge is 0.393 e. The van der Waals surface area contributed by atoms with Crippen molar-refractivity contribution in [1.82, 2.24) is 0 Å². The van der Waals surface area contributed by atoms with E-state index in [9.17, 15) is 5.11 Å². The van der Waals surface area contributed by atoms with Gasteiger partial charge in [-0.1, -0.05) is 13.8 Å². The summed E-state index contributed by atoms with van der Waals surface area (Å²) in [6.45, 7) is 4.65. The first kappa shape index (κ1) is 8.92. The second-order valence-corrected chi connectivity index (χ2v) is 2.59. The zero-order valence-electron chi connectivity index (χ0n) is 6.42. The van der Waals surface area contributed by atoms with E-state index >= 15 is 0 Å². The lowest BCUT2D eigenvalue weighted by atomic mass is 10.1. The van der Waals surface area contributed by atoms with Crippen LogP contribution in [0.15, 0.2) is 0 Å². The third-order valence-corrected chi connectivity index (χ3v) is 1.39. The molecule has 0 unspecified atom stereocenters. The molecule has 0 saturated heterocycles. The Balaban J connectivity index is 3.16. The van der Waals surface area contributed by atoms with Crippen LogP contribution < -0.4 is 0 Å². The first-order valence-electron chi connectivity index (χ1n) is 3.35. The van der Waals surface area contributed by atoms with E-state index in [2.05, 4.69) is 0 Å². The predicted octanol–water partition coefficient (Wildman–Crippen LogP) is 1.04. The highest BCUT2D eigenvalue weighted by molar-refractivity contribution is 4.57. The van der Waals surface area contributed by atoms with Gasteiger partial charge < -0.3 is 9.84 Å². The molecular formula is C7H16O2. The Morgan fingerprint density at radius 2 is 2.00 bits per heavy atom. The summed E-state index contributed by atoms with van der Waals surface area (Å²) >= 11 is 0. The van der Waals surface area contributed by atoms with Crippen LogP contribution in [0.5, 0.6) is 0 Å². The number of rotatable bonds is 4. The molecule has 0 aromatic heterocycles. The topological polar surface area (TPSA) is 29.5 Å². The molecule has 0 saturated carbocycles. The van der Waals surface area contributed by atoms with Crippen LogP contribution >= 0.6 is 0 Å². The summed E-state index contributed by atoms with van der Waals surface area (Å²) in [7, 11) is 1.65. The molecular weight excluding hydrogens is 116 g/mol. The van der Waals surface area contributed by atoms with Gasteiger partial charge in [0.25, 0.3) is 0 Å². The van der Waals surface area contributed by atoms with Gasteiger partial charge in [0.2, 0.25) is 0 Å². The van der Waals surface area contributed by atoms with Crippen LogP contribution in [-0.2, 0) is 4.74 Å². The molecule has 0 aromatic rings. The summed E-state index contributed by atoms with van der Waals surface area (Å²) in [5.74, 6) is 0.347. The number of aliphatic hydroxyl groups is 1. The van der Waals surface area contributed by atoms with E-state index in [-0.39, 0.29) is 6.10 Å². The summed E-state index contributed by atoms with van der Waals surface area (Å²) in [4.78, 5) is 0. The van der Waals surface area contributed by atoms with Crippen molar-refractivity contribution >= 4 is 0 Å². The molecule has 0 bridgehead atoms. The Labute approximate surface area is 56.8 Å². The fourth-order valence-corrected chi connectivity index (χ4v) is 0.572. The molecule has 0 heterocycles. The minimum Gasteiger partial charge on any atom is -0.393 e. The van der Waals surface area contributed by atoms with Gasteiger partial charge in [-0.05, 0) is 12.3 Å². The van der Waals surface area contributed by atoms with Crippen molar-refractivity contribution in [1.29, 1.82) is 0 Å². The third kappa shape index (κ3) is 4.43. The minimum absolute atomic E-state index is 0.204.